The van der Waals surface area contributed by atoms with Crippen LogP contribution in [0.25, 0.3) is 0 Å². The maximum atomic E-state index is 12.2. The molecule has 2 amide bonds. The smallest absolute Gasteiger partial charge is 0.251 e. The van der Waals surface area contributed by atoms with Crippen LogP contribution in [0.1, 0.15) is 23.2 Å². The standard InChI is InChI=1S/C16H23N3O5S/c1-19(2)15(20)11-17-16(21)12-5-7-14(8-6-12)25(22,23)18-10-13-4-3-9-24-13/h5-8,13,18H,3-4,9-11H2,1-2H3,(H,17,21)/t13-/m0/s1. The molecule has 0 unspecified atom stereocenters. The van der Waals surface area contributed by atoms with E-state index in [0.29, 0.717) is 6.61 Å². The second kappa shape index (κ2) is 8.41. The summed E-state index contributed by atoms with van der Waals surface area (Å²) in [5.74, 6) is -0.669. The zero-order valence-electron chi connectivity index (χ0n) is 14.3. The highest BCUT2D eigenvalue weighted by molar-refractivity contribution is 7.89. The molecule has 8 nitrogen and oxygen atoms in total. The highest BCUT2D eigenvalue weighted by Gasteiger charge is 2.20. The van der Waals surface area contributed by atoms with Gasteiger partial charge in [0.15, 0.2) is 0 Å². The number of hydrogen-bond acceptors (Lipinski definition) is 5. The predicted molar refractivity (Wildman–Crippen MR) is 91.6 cm³/mol. The quantitative estimate of drug-likeness (QED) is 0.702. The van der Waals surface area contributed by atoms with Crippen molar-refractivity contribution in [3.05, 3.63) is 29.8 Å². The van der Waals surface area contributed by atoms with E-state index >= 15 is 0 Å². The number of rotatable bonds is 7. The van der Waals surface area contributed by atoms with Crippen LogP contribution in [-0.2, 0) is 19.6 Å². The third-order valence-corrected chi connectivity index (χ3v) is 5.29. The molecular formula is C16H23N3O5S. The van der Waals surface area contributed by atoms with Crippen molar-refractivity contribution in [2.45, 2.75) is 23.8 Å². The lowest BCUT2D eigenvalue weighted by Gasteiger charge is -2.12. The Bertz CT molecular complexity index is 710. The summed E-state index contributed by atoms with van der Waals surface area (Å²) in [4.78, 5) is 24.9. The maximum Gasteiger partial charge on any atom is 0.251 e. The zero-order valence-corrected chi connectivity index (χ0v) is 15.1. The van der Waals surface area contributed by atoms with Crippen LogP contribution in [0, 0.1) is 0 Å². The Kier molecular flexibility index (Phi) is 6.51. The Morgan fingerprint density at radius 3 is 2.48 bits per heavy atom. The van der Waals surface area contributed by atoms with Crippen LogP contribution >= 0.6 is 0 Å². The summed E-state index contributed by atoms with van der Waals surface area (Å²) in [5.41, 5.74) is 0.282. The van der Waals surface area contributed by atoms with Crippen LogP contribution in [0.3, 0.4) is 0 Å². The van der Waals surface area contributed by atoms with Crippen molar-refractivity contribution in [2.75, 3.05) is 33.8 Å². The number of carbonyl (C=O) groups excluding carboxylic acids is 2. The lowest BCUT2D eigenvalue weighted by atomic mass is 10.2. The molecule has 0 bridgehead atoms. The number of likely N-dealkylation sites (N-methyl/N-ethyl adjacent to an activating group) is 1. The van der Waals surface area contributed by atoms with Crippen molar-refractivity contribution in [3.8, 4) is 0 Å². The Labute approximate surface area is 147 Å². The molecule has 2 N–H and O–H groups in total. The highest BCUT2D eigenvalue weighted by atomic mass is 32.2. The fourth-order valence-electron chi connectivity index (χ4n) is 2.29. The van der Waals surface area contributed by atoms with E-state index in [1.54, 1.807) is 14.1 Å². The van der Waals surface area contributed by atoms with E-state index in [2.05, 4.69) is 10.0 Å². The van der Waals surface area contributed by atoms with Gasteiger partial charge in [0.1, 0.15) is 0 Å². The average molecular weight is 369 g/mol. The van der Waals surface area contributed by atoms with Gasteiger partial charge in [0.2, 0.25) is 15.9 Å². The molecule has 1 aliphatic heterocycles. The van der Waals surface area contributed by atoms with E-state index in [9.17, 15) is 18.0 Å². The minimum absolute atomic E-state index is 0.0754. The number of nitrogens with one attached hydrogen (secondary N) is 2. The topological polar surface area (TPSA) is 105 Å². The highest BCUT2D eigenvalue weighted by Crippen LogP contribution is 2.14. The molecule has 0 saturated carbocycles. The molecule has 0 spiro atoms. The molecule has 1 fully saturated rings. The molecule has 1 atom stereocenters. The summed E-state index contributed by atoms with van der Waals surface area (Å²) in [6.07, 6.45) is 1.69. The normalized spacial score (nSPS) is 17.3. The van der Waals surface area contributed by atoms with Crippen molar-refractivity contribution < 1.29 is 22.7 Å². The summed E-state index contributed by atoms with van der Waals surface area (Å²) >= 11 is 0. The molecule has 0 aliphatic carbocycles. The first-order chi connectivity index (χ1) is 11.8. The first-order valence-corrected chi connectivity index (χ1v) is 9.47. The lowest BCUT2D eigenvalue weighted by Crippen LogP contribution is -2.36. The van der Waals surface area contributed by atoms with Crippen LogP contribution in [-0.4, -0.2) is 65.0 Å². The first kappa shape index (κ1) is 19.4. The summed E-state index contributed by atoms with van der Waals surface area (Å²) in [6.45, 7) is 0.776. The van der Waals surface area contributed by atoms with Gasteiger partial charge in [-0.15, -0.1) is 0 Å². The second-order valence-electron chi connectivity index (χ2n) is 5.98. The Hall–Kier alpha value is -1.97. The van der Waals surface area contributed by atoms with Gasteiger partial charge in [-0.1, -0.05) is 0 Å². The zero-order chi connectivity index (χ0) is 18.4. The maximum absolute atomic E-state index is 12.2. The molecule has 1 aromatic rings. The molecule has 25 heavy (non-hydrogen) atoms. The van der Waals surface area contributed by atoms with Crippen LogP contribution in [0.15, 0.2) is 29.2 Å². The van der Waals surface area contributed by atoms with Gasteiger partial charge in [0.25, 0.3) is 5.91 Å². The van der Waals surface area contributed by atoms with E-state index in [4.69, 9.17) is 4.74 Å². The number of benzene rings is 1. The summed E-state index contributed by atoms with van der Waals surface area (Å²) < 4.78 is 32.4. The summed E-state index contributed by atoms with van der Waals surface area (Å²) in [7, 11) is -0.460. The number of sulfonamides is 1. The van der Waals surface area contributed by atoms with Crippen molar-refractivity contribution in [1.82, 2.24) is 14.9 Å². The molecule has 1 aromatic carbocycles. The van der Waals surface area contributed by atoms with Gasteiger partial charge in [-0.3, -0.25) is 9.59 Å². The van der Waals surface area contributed by atoms with Crippen molar-refractivity contribution >= 4 is 21.8 Å². The summed E-state index contributed by atoms with van der Waals surface area (Å²) in [5, 5.41) is 2.49. The molecule has 0 radical (unpaired) electrons. The molecular weight excluding hydrogens is 346 g/mol. The number of amides is 2. The Balaban J connectivity index is 1.93. The Morgan fingerprint density at radius 2 is 1.92 bits per heavy atom. The van der Waals surface area contributed by atoms with Gasteiger partial charge in [-0.05, 0) is 37.1 Å². The van der Waals surface area contributed by atoms with Gasteiger partial charge in [0.05, 0.1) is 17.5 Å². The number of ether oxygens (including phenoxy) is 1. The van der Waals surface area contributed by atoms with Crippen LogP contribution < -0.4 is 10.0 Å². The Morgan fingerprint density at radius 1 is 1.24 bits per heavy atom. The third kappa shape index (κ3) is 5.52. The van der Waals surface area contributed by atoms with Gasteiger partial charge >= 0.3 is 0 Å². The molecule has 138 valence electrons. The van der Waals surface area contributed by atoms with E-state index < -0.39 is 15.9 Å². The van der Waals surface area contributed by atoms with Gasteiger partial charge in [-0.25, -0.2) is 13.1 Å². The molecule has 1 heterocycles. The predicted octanol–water partition coefficient (Wildman–Crippen LogP) is -0.0381. The monoisotopic (exact) mass is 369 g/mol. The van der Waals surface area contributed by atoms with E-state index in [0.717, 1.165) is 12.8 Å². The van der Waals surface area contributed by atoms with Crippen LogP contribution in [0.4, 0.5) is 0 Å². The molecule has 1 saturated heterocycles. The van der Waals surface area contributed by atoms with Gasteiger partial charge in [0, 0.05) is 32.8 Å². The van der Waals surface area contributed by atoms with Crippen LogP contribution in [0.2, 0.25) is 0 Å². The lowest BCUT2D eigenvalue weighted by molar-refractivity contribution is -0.127. The SMILES string of the molecule is CN(C)C(=O)CNC(=O)c1ccc(S(=O)(=O)NC[C@@H]2CCCO2)cc1. The second-order valence-corrected chi connectivity index (χ2v) is 7.75. The fourth-order valence-corrected chi connectivity index (χ4v) is 3.36. The van der Waals surface area contributed by atoms with Crippen molar-refractivity contribution in [2.24, 2.45) is 0 Å². The molecule has 0 aromatic heterocycles. The summed E-state index contributed by atoms with van der Waals surface area (Å²) in [6, 6.07) is 5.55. The van der Waals surface area contributed by atoms with E-state index in [-0.39, 0.29) is 35.6 Å². The van der Waals surface area contributed by atoms with Crippen LogP contribution in [0.5, 0.6) is 0 Å². The van der Waals surface area contributed by atoms with E-state index in [1.807, 2.05) is 0 Å². The van der Waals surface area contributed by atoms with Gasteiger partial charge < -0.3 is 15.0 Å². The average Bonchev–Trinajstić information content (AvgIpc) is 3.11. The largest absolute Gasteiger partial charge is 0.377 e. The van der Waals surface area contributed by atoms with Crippen molar-refractivity contribution in [3.63, 3.8) is 0 Å². The number of nitrogens with zero attached hydrogens (tertiary/aromatic N) is 1. The molecule has 1 aliphatic rings. The minimum atomic E-state index is -3.65. The minimum Gasteiger partial charge on any atom is -0.377 e. The first-order valence-electron chi connectivity index (χ1n) is 7.99. The van der Waals surface area contributed by atoms with E-state index in [1.165, 1.54) is 29.2 Å². The van der Waals surface area contributed by atoms with Gasteiger partial charge in [-0.2, -0.15) is 0 Å². The third-order valence-electron chi connectivity index (χ3n) is 3.85. The number of hydrogen-bond donors (Lipinski definition) is 2. The number of carbonyl (C=O) groups is 2. The molecule has 2 rings (SSSR count). The fraction of sp³-hybridized carbons (Fsp3) is 0.500. The van der Waals surface area contributed by atoms with Crippen molar-refractivity contribution in [1.29, 1.82) is 0 Å². The molecule has 9 heteroatoms.